The van der Waals surface area contributed by atoms with E-state index in [1.807, 2.05) is 13.8 Å². The summed E-state index contributed by atoms with van der Waals surface area (Å²) >= 11 is 0. The molecule has 0 aliphatic heterocycles. The first kappa shape index (κ1) is 18.5. The van der Waals surface area contributed by atoms with Crippen molar-refractivity contribution in [2.45, 2.75) is 71.1 Å². The van der Waals surface area contributed by atoms with Crippen molar-refractivity contribution in [3.63, 3.8) is 0 Å². The predicted molar refractivity (Wildman–Crippen MR) is 118 cm³/mol. The third kappa shape index (κ3) is 3.40. The molecule has 0 saturated heterocycles. The molecule has 3 saturated carbocycles. The molecule has 0 amide bonds. The van der Waals surface area contributed by atoms with Gasteiger partial charge in [-0.05, 0) is 77.2 Å². The van der Waals surface area contributed by atoms with Gasteiger partial charge >= 0.3 is 0 Å². The molecule has 0 aromatic heterocycles. The summed E-state index contributed by atoms with van der Waals surface area (Å²) in [6, 6.07) is 18.5. The molecule has 4 aliphatic rings. The van der Waals surface area contributed by atoms with E-state index in [0.29, 0.717) is 5.41 Å². The SMILES string of the molecule is CC.CC1(c2ccc(C3=Cc4ccccc4CC3)cc2)CC2CCC1CC2. The Morgan fingerprint density at radius 1 is 0.815 bits per heavy atom. The van der Waals surface area contributed by atoms with Gasteiger partial charge in [-0.25, -0.2) is 0 Å². The maximum Gasteiger partial charge on any atom is -0.00444 e. The van der Waals surface area contributed by atoms with E-state index >= 15 is 0 Å². The monoisotopic (exact) mass is 358 g/mol. The zero-order chi connectivity index (χ0) is 18.9. The Balaban J connectivity index is 0.000000872. The van der Waals surface area contributed by atoms with Gasteiger partial charge in [0.25, 0.3) is 0 Å². The highest BCUT2D eigenvalue weighted by Gasteiger charge is 2.44. The maximum atomic E-state index is 2.54. The van der Waals surface area contributed by atoms with Crippen LogP contribution < -0.4 is 0 Å². The van der Waals surface area contributed by atoms with Crippen molar-refractivity contribution in [2.75, 3.05) is 0 Å². The van der Waals surface area contributed by atoms with Crippen LogP contribution in [0.3, 0.4) is 0 Å². The summed E-state index contributed by atoms with van der Waals surface area (Å²) in [5, 5.41) is 0. The molecule has 1 atom stereocenters. The lowest BCUT2D eigenvalue weighted by Crippen LogP contribution is -2.42. The molecule has 27 heavy (non-hydrogen) atoms. The Kier molecular flexibility index (Phi) is 5.26. The van der Waals surface area contributed by atoms with Crippen LogP contribution in [-0.4, -0.2) is 0 Å². The van der Waals surface area contributed by atoms with Gasteiger partial charge < -0.3 is 0 Å². The average molecular weight is 359 g/mol. The Bertz CT molecular complexity index is 802. The topological polar surface area (TPSA) is 0 Å². The lowest BCUT2D eigenvalue weighted by molar-refractivity contribution is 0.0772. The van der Waals surface area contributed by atoms with Crippen LogP contribution in [0.15, 0.2) is 48.5 Å². The largest absolute Gasteiger partial charge is 0.0683 e. The minimum Gasteiger partial charge on any atom is -0.0683 e. The molecule has 0 N–H and O–H groups in total. The van der Waals surface area contributed by atoms with Gasteiger partial charge in [0.05, 0.1) is 0 Å². The molecule has 2 aromatic rings. The third-order valence-corrected chi connectivity index (χ3v) is 7.42. The van der Waals surface area contributed by atoms with E-state index in [-0.39, 0.29) is 0 Å². The molecule has 0 nitrogen and oxygen atoms in total. The van der Waals surface area contributed by atoms with E-state index in [0.717, 1.165) is 11.8 Å². The zero-order valence-electron chi connectivity index (χ0n) is 17.3. The first-order valence-electron chi connectivity index (χ1n) is 11.1. The molecule has 1 unspecified atom stereocenters. The molecule has 6 rings (SSSR count). The lowest BCUT2D eigenvalue weighted by atomic mass is 9.54. The maximum absolute atomic E-state index is 2.54. The number of aryl methyl sites for hydroxylation is 1. The van der Waals surface area contributed by atoms with Crippen LogP contribution in [0.4, 0.5) is 0 Å². The van der Waals surface area contributed by atoms with Gasteiger partial charge in [-0.3, -0.25) is 0 Å². The highest BCUT2D eigenvalue weighted by atomic mass is 14.5. The summed E-state index contributed by atoms with van der Waals surface area (Å²) in [5.74, 6) is 1.89. The number of fused-ring (bicyclic) bond motifs is 4. The lowest BCUT2D eigenvalue weighted by Gasteiger charge is -2.50. The summed E-state index contributed by atoms with van der Waals surface area (Å²) in [6.07, 6.45) is 12.0. The number of hydrogen-bond donors (Lipinski definition) is 0. The van der Waals surface area contributed by atoms with Gasteiger partial charge in [0, 0.05) is 0 Å². The molecule has 2 bridgehead atoms. The quantitative estimate of drug-likeness (QED) is 0.516. The first-order valence-corrected chi connectivity index (χ1v) is 11.1. The fraction of sp³-hybridized carbons (Fsp3) is 0.481. The van der Waals surface area contributed by atoms with Crippen LogP contribution in [0, 0.1) is 11.8 Å². The highest BCUT2D eigenvalue weighted by molar-refractivity contribution is 5.84. The molecule has 142 valence electrons. The standard InChI is InChI=1S/C25H28.C2H6/c1-25(17-18-6-12-23(25)13-7-18)24-14-10-20(11-15-24)22-9-8-19-4-2-3-5-21(19)16-22;1-2/h2-5,10-11,14-16,18,23H,6-9,12-13,17H2,1H3;1-2H3. The van der Waals surface area contributed by atoms with Crippen LogP contribution in [0.1, 0.15) is 81.5 Å². The van der Waals surface area contributed by atoms with Crippen LogP contribution in [0.25, 0.3) is 11.6 Å². The van der Waals surface area contributed by atoms with Crippen LogP contribution in [-0.2, 0) is 11.8 Å². The van der Waals surface area contributed by atoms with Gasteiger partial charge in [0.1, 0.15) is 0 Å². The number of benzene rings is 2. The minimum absolute atomic E-state index is 0.424. The molecule has 0 heterocycles. The van der Waals surface area contributed by atoms with Crippen molar-refractivity contribution in [3.8, 4) is 0 Å². The van der Waals surface area contributed by atoms with Gasteiger partial charge in [-0.15, -0.1) is 0 Å². The summed E-state index contributed by atoms with van der Waals surface area (Å²) < 4.78 is 0. The van der Waals surface area contributed by atoms with Gasteiger partial charge in [0.15, 0.2) is 0 Å². The summed E-state index contributed by atoms with van der Waals surface area (Å²) in [7, 11) is 0. The smallest absolute Gasteiger partial charge is 0.00444 e. The Hall–Kier alpha value is -1.82. The molecular weight excluding hydrogens is 324 g/mol. The summed E-state index contributed by atoms with van der Waals surface area (Å²) in [5.41, 5.74) is 7.83. The van der Waals surface area contributed by atoms with Crippen LogP contribution in [0.2, 0.25) is 0 Å². The van der Waals surface area contributed by atoms with Crippen LogP contribution in [0.5, 0.6) is 0 Å². The van der Waals surface area contributed by atoms with E-state index in [1.165, 1.54) is 67.2 Å². The zero-order valence-corrected chi connectivity index (χ0v) is 17.3. The molecular formula is C27H34. The van der Waals surface area contributed by atoms with E-state index < -0.39 is 0 Å². The van der Waals surface area contributed by atoms with Gasteiger partial charge in [-0.2, -0.15) is 0 Å². The minimum atomic E-state index is 0.424. The van der Waals surface area contributed by atoms with E-state index in [1.54, 1.807) is 5.56 Å². The van der Waals surface area contributed by atoms with Crippen LogP contribution >= 0.6 is 0 Å². The van der Waals surface area contributed by atoms with Crippen molar-refractivity contribution in [1.82, 2.24) is 0 Å². The van der Waals surface area contributed by atoms with E-state index in [4.69, 9.17) is 0 Å². The first-order chi connectivity index (χ1) is 13.2. The number of hydrogen-bond acceptors (Lipinski definition) is 0. The second-order valence-electron chi connectivity index (χ2n) is 8.78. The number of rotatable bonds is 2. The highest BCUT2D eigenvalue weighted by Crippen LogP contribution is 2.53. The van der Waals surface area contributed by atoms with Crippen molar-refractivity contribution < 1.29 is 0 Å². The second kappa shape index (κ2) is 7.66. The Morgan fingerprint density at radius 3 is 2.19 bits per heavy atom. The Labute approximate surface area is 165 Å². The predicted octanol–water partition coefficient (Wildman–Crippen LogP) is 7.67. The van der Waals surface area contributed by atoms with Gasteiger partial charge in [-0.1, -0.05) is 88.2 Å². The third-order valence-electron chi connectivity index (χ3n) is 7.42. The van der Waals surface area contributed by atoms with Crippen molar-refractivity contribution in [3.05, 3.63) is 70.8 Å². The summed E-state index contributed by atoms with van der Waals surface area (Å²) in [6.45, 7) is 6.54. The normalized spacial score (nSPS) is 28.6. The molecule has 0 radical (unpaired) electrons. The second-order valence-corrected chi connectivity index (χ2v) is 8.78. The molecule has 3 fully saturated rings. The molecule has 0 spiro atoms. The average Bonchev–Trinajstić information content (AvgIpc) is 2.75. The molecule has 4 aliphatic carbocycles. The Morgan fingerprint density at radius 2 is 1.52 bits per heavy atom. The van der Waals surface area contributed by atoms with Crippen molar-refractivity contribution in [1.29, 1.82) is 0 Å². The summed E-state index contributed by atoms with van der Waals surface area (Å²) in [4.78, 5) is 0. The fourth-order valence-electron chi connectivity index (χ4n) is 5.85. The van der Waals surface area contributed by atoms with Crippen molar-refractivity contribution >= 4 is 11.6 Å². The number of allylic oxidation sites excluding steroid dienone is 1. The van der Waals surface area contributed by atoms with Crippen molar-refractivity contribution in [2.24, 2.45) is 11.8 Å². The molecule has 0 heteroatoms. The van der Waals surface area contributed by atoms with Gasteiger partial charge in [0.2, 0.25) is 0 Å². The van der Waals surface area contributed by atoms with E-state index in [2.05, 4.69) is 61.5 Å². The molecule has 2 aromatic carbocycles. The van der Waals surface area contributed by atoms with E-state index in [9.17, 15) is 0 Å². The fourth-order valence-corrected chi connectivity index (χ4v) is 5.85.